The molecule has 0 aromatic carbocycles. The predicted octanol–water partition coefficient (Wildman–Crippen LogP) is 1.90. The average molecular weight is 192 g/mol. The lowest BCUT2D eigenvalue weighted by atomic mass is 10.1. The molecule has 0 saturated carbocycles. The second-order valence-electron chi connectivity index (χ2n) is 3.39. The topological polar surface area (TPSA) is 53.4 Å². The van der Waals surface area contributed by atoms with Gasteiger partial charge in [-0.05, 0) is 25.0 Å². The highest BCUT2D eigenvalue weighted by molar-refractivity contribution is 5.66. The number of rotatable bonds is 1. The molecule has 4 nitrogen and oxygen atoms in total. The van der Waals surface area contributed by atoms with Gasteiger partial charge in [0.05, 0.1) is 11.7 Å². The Morgan fingerprint density at radius 1 is 1.57 bits per heavy atom. The van der Waals surface area contributed by atoms with Crippen molar-refractivity contribution in [2.45, 2.75) is 18.9 Å². The molecule has 1 saturated heterocycles. The van der Waals surface area contributed by atoms with Crippen LogP contribution in [0.15, 0.2) is 24.4 Å². The number of hydrogen-bond acceptors (Lipinski definition) is 2. The standard InChI is InChI=1S/C10H12N2O2/c13-10(14)12-7-3-5-9(12)8-4-1-2-6-11-8/h1-2,4,6,9H,3,5,7H2,(H,13,14). The molecule has 1 unspecified atom stereocenters. The number of carboxylic acid groups (broad SMARTS) is 1. The van der Waals surface area contributed by atoms with Crippen molar-refractivity contribution in [3.05, 3.63) is 30.1 Å². The van der Waals surface area contributed by atoms with Gasteiger partial charge in [-0.25, -0.2) is 4.79 Å². The second kappa shape index (κ2) is 3.65. The minimum atomic E-state index is -0.849. The van der Waals surface area contributed by atoms with Crippen LogP contribution in [0.5, 0.6) is 0 Å². The summed E-state index contributed by atoms with van der Waals surface area (Å²) < 4.78 is 0. The number of pyridine rings is 1. The van der Waals surface area contributed by atoms with E-state index in [1.807, 2.05) is 18.2 Å². The van der Waals surface area contributed by atoms with E-state index >= 15 is 0 Å². The van der Waals surface area contributed by atoms with Gasteiger partial charge in [0.25, 0.3) is 0 Å². The lowest BCUT2D eigenvalue weighted by Gasteiger charge is -2.20. The van der Waals surface area contributed by atoms with Gasteiger partial charge >= 0.3 is 6.09 Å². The Morgan fingerprint density at radius 2 is 2.43 bits per heavy atom. The molecular weight excluding hydrogens is 180 g/mol. The molecule has 1 aromatic heterocycles. The van der Waals surface area contributed by atoms with Gasteiger partial charge in [-0.1, -0.05) is 6.07 Å². The Hall–Kier alpha value is -1.58. The van der Waals surface area contributed by atoms with E-state index in [9.17, 15) is 4.79 Å². The molecule has 1 aliphatic heterocycles. The first-order valence-electron chi connectivity index (χ1n) is 4.69. The third kappa shape index (κ3) is 1.55. The van der Waals surface area contributed by atoms with E-state index in [1.54, 1.807) is 6.20 Å². The fourth-order valence-electron chi connectivity index (χ4n) is 1.88. The van der Waals surface area contributed by atoms with Crippen LogP contribution in [0, 0.1) is 0 Å². The highest BCUT2D eigenvalue weighted by Gasteiger charge is 2.30. The summed E-state index contributed by atoms with van der Waals surface area (Å²) in [5.41, 5.74) is 0.854. The average Bonchev–Trinajstić information content (AvgIpc) is 2.67. The molecule has 1 aromatic rings. The van der Waals surface area contributed by atoms with Gasteiger partial charge in [0.2, 0.25) is 0 Å². The first-order chi connectivity index (χ1) is 6.79. The summed E-state index contributed by atoms with van der Waals surface area (Å²) in [6, 6.07) is 5.56. The molecule has 14 heavy (non-hydrogen) atoms. The van der Waals surface area contributed by atoms with E-state index in [-0.39, 0.29) is 6.04 Å². The number of amides is 1. The van der Waals surface area contributed by atoms with Gasteiger partial charge in [0, 0.05) is 12.7 Å². The predicted molar refractivity (Wildman–Crippen MR) is 50.9 cm³/mol. The minimum absolute atomic E-state index is 0.0475. The number of hydrogen-bond donors (Lipinski definition) is 1. The van der Waals surface area contributed by atoms with Crippen molar-refractivity contribution in [2.24, 2.45) is 0 Å². The molecule has 1 amide bonds. The van der Waals surface area contributed by atoms with Crippen LogP contribution in [0.2, 0.25) is 0 Å². The lowest BCUT2D eigenvalue weighted by molar-refractivity contribution is 0.139. The molecule has 0 radical (unpaired) electrons. The SMILES string of the molecule is O=C(O)N1CCCC1c1ccccn1. The molecule has 4 heteroatoms. The van der Waals surface area contributed by atoms with Crippen molar-refractivity contribution < 1.29 is 9.90 Å². The Labute approximate surface area is 82.2 Å². The van der Waals surface area contributed by atoms with Crippen molar-refractivity contribution >= 4 is 6.09 Å². The lowest BCUT2D eigenvalue weighted by Crippen LogP contribution is -2.29. The molecular formula is C10H12N2O2. The van der Waals surface area contributed by atoms with Crippen LogP contribution in [0.25, 0.3) is 0 Å². The number of nitrogens with zero attached hydrogens (tertiary/aromatic N) is 2. The van der Waals surface area contributed by atoms with Gasteiger partial charge in [-0.15, -0.1) is 0 Å². The van der Waals surface area contributed by atoms with Crippen LogP contribution in [0.1, 0.15) is 24.6 Å². The Morgan fingerprint density at radius 3 is 3.07 bits per heavy atom. The van der Waals surface area contributed by atoms with Crippen molar-refractivity contribution in [1.82, 2.24) is 9.88 Å². The van der Waals surface area contributed by atoms with Gasteiger partial charge in [-0.2, -0.15) is 0 Å². The fraction of sp³-hybridized carbons (Fsp3) is 0.400. The zero-order valence-electron chi connectivity index (χ0n) is 7.76. The summed E-state index contributed by atoms with van der Waals surface area (Å²) in [7, 11) is 0. The maximum absolute atomic E-state index is 10.9. The van der Waals surface area contributed by atoms with Crippen LogP contribution < -0.4 is 0 Å². The Bertz CT molecular complexity index is 326. The normalized spacial score (nSPS) is 21.1. The Balaban J connectivity index is 2.22. The van der Waals surface area contributed by atoms with Crippen LogP contribution in [0.4, 0.5) is 4.79 Å². The summed E-state index contributed by atoms with van der Waals surface area (Å²) in [5, 5.41) is 8.94. The summed E-state index contributed by atoms with van der Waals surface area (Å²) in [6.07, 6.45) is 2.66. The van der Waals surface area contributed by atoms with Crippen LogP contribution in [-0.4, -0.2) is 27.6 Å². The van der Waals surface area contributed by atoms with Crippen molar-refractivity contribution in [3.8, 4) is 0 Å². The van der Waals surface area contributed by atoms with E-state index in [0.29, 0.717) is 6.54 Å². The van der Waals surface area contributed by atoms with Crippen LogP contribution in [-0.2, 0) is 0 Å². The van der Waals surface area contributed by atoms with Gasteiger partial charge in [-0.3, -0.25) is 9.88 Å². The van der Waals surface area contributed by atoms with Gasteiger partial charge in [0.1, 0.15) is 0 Å². The first-order valence-corrected chi connectivity index (χ1v) is 4.69. The number of aromatic nitrogens is 1. The maximum atomic E-state index is 10.9. The zero-order chi connectivity index (χ0) is 9.97. The fourth-order valence-corrected chi connectivity index (χ4v) is 1.88. The summed E-state index contributed by atoms with van der Waals surface area (Å²) >= 11 is 0. The molecule has 74 valence electrons. The molecule has 1 fully saturated rings. The van der Waals surface area contributed by atoms with Crippen molar-refractivity contribution in [1.29, 1.82) is 0 Å². The maximum Gasteiger partial charge on any atom is 0.407 e. The smallest absolute Gasteiger partial charge is 0.407 e. The number of carbonyl (C=O) groups is 1. The highest BCUT2D eigenvalue weighted by atomic mass is 16.4. The molecule has 1 N–H and O–H groups in total. The summed E-state index contributed by atoms with van der Waals surface area (Å²) in [5.74, 6) is 0. The second-order valence-corrected chi connectivity index (χ2v) is 3.39. The molecule has 0 spiro atoms. The highest BCUT2D eigenvalue weighted by Crippen LogP contribution is 2.30. The van der Waals surface area contributed by atoms with Crippen LogP contribution >= 0.6 is 0 Å². The van der Waals surface area contributed by atoms with Gasteiger partial charge in [0.15, 0.2) is 0 Å². The molecule has 1 atom stereocenters. The first kappa shape index (κ1) is 8.99. The van der Waals surface area contributed by atoms with E-state index in [4.69, 9.17) is 5.11 Å². The van der Waals surface area contributed by atoms with Gasteiger partial charge < -0.3 is 5.11 Å². The minimum Gasteiger partial charge on any atom is -0.465 e. The zero-order valence-corrected chi connectivity index (χ0v) is 7.76. The Kier molecular flexibility index (Phi) is 2.35. The van der Waals surface area contributed by atoms with E-state index < -0.39 is 6.09 Å². The van der Waals surface area contributed by atoms with E-state index in [1.165, 1.54) is 4.90 Å². The quantitative estimate of drug-likeness (QED) is 0.739. The summed E-state index contributed by atoms with van der Waals surface area (Å²) in [4.78, 5) is 16.5. The molecule has 2 heterocycles. The van der Waals surface area contributed by atoms with Crippen molar-refractivity contribution in [2.75, 3.05) is 6.54 Å². The summed E-state index contributed by atoms with van der Waals surface area (Å²) in [6.45, 7) is 0.622. The van der Waals surface area contributed by atoms with Crippen LogP contribution in [0.3, 0.4) is 0 Å². The third-order valence-corrected chi connectivity index (χ3v) is 2.53. The van der Waals surface area contributed by atoms with Crippen molar-refractivity contribution in [3.63, 3.8) is 0 Å². The largest absolute Gasteiger partial charge is 0.465 e. The molecule has 2 rings (SSSR count). The van der Waals surface area contributed by atoms with E-state index in [0.717, 1.165) is 18.5 Å². The van der Waals surface area contributed by atoms with E-state index in [2.05, 4.69) is 4.98 Å². The molecule has 0 aliphatic carbocycles. The third-order valence-electron chi connectivity index (χ3n) is 2.53. The molecule has 0 bridgehead atoms. The monoisotopic (exact) mass is 192 g/mol. The molecule has 1 aliphatic rings. The number of likely N-dealkylation sites (tertiary alicyclic amines) is 1.